The highest BCUT2D eigenvalue weighted by Crippen LogP contribution is 2.31. The van der Waals surface area contributed by atoms with Crippen LogP contribution in [-0.4, -0.2) is 19.1 Å². The standard InChI is InChI=1S/C20H21NO2/c1-15(2)17-10-7-16(8-11-17)9-12-20(22)21-13-14-23-19-6-4-3-5-18(19)21/h3-12,15H,13-14H2,1-2H3/b12-9+. The summed E-state index contributed by atoms with van der Waals surface area (Å²) in [7, 11) is 0. The molecule has 1 aliphatic heterocycles. The summed E-state index contributed by atoms with van der Waals surface area (Å²) in [6, 6.07) is 16.0. The summed E-state index contributed by atoms with van der Waals surface area (Å²) < 4.78 is 5.58. The van der Waals surface area contributed by atoms with E-state index in [1.165, 1.54) is 5.56 Å². The van der Waals surface area contributed by atoms with Crippen molar-refractivity contribution in [3.8, 4) is 5.75 Å². The van der Waals surface area contributed by atoms with E-state index in [0.717, 1.165) is 17.0 Å². The summed E-state index contributed by atoms with van der Waals surface area (Å²) in [4.78, 5) is 14.3. The van der Waals surface area contributed by atoms with Gasteiger partial charge in [0, 0.05) is 6.08 Å². The molecule has 0 fully saturated rings. The Bertz CT molecular complexity index is 717. The van der Waals surface area contributed by atoms with E-state index in [4.69, 9.17) is 4.74 Å². The first-order valence-electron chi connectivity index (χ1n) is 7.96. The molecule has 3 rings (SSSR count). The lowest BCUT2D eigenvalue weighted by molar-refractivity contribution is -0.114. The van der Waals surface area contributed by atoms with Gasteiger partial charge in [-0.2, -0.15) is 0 Å². The van der Waals surface area contributed by atoms with Gasteiger partial charge in [-0.05, 0) is 35.3 Å². The zero-order chi connectivity index (χ0) is 16.2. The number of para-hydroxylation sites is 2. The van der Waals surface area contributed by atoms with Crippen LogP contribution in [0.1, 0.15) is 30.9 Å². The SMILES string of the molecule is CC(C)c1ccc(/C=C/C(=O)N2CCOc3ccccc32)cc1. The zero-order valence-electron chi connectivity index (χ0n) is 13.5. The second kappa shape index (κ2) is 6.69. The monoisotopic (exact) mass is 307 g/mol. The van der Waals surface area contributed by atoms with Crippen molar-refractivity contribution in [1.29, 1.82) is 0 Å². The summed E-state index contributed by atoms with van der Waals surface area (Å²) in [5.74, 6) is 1.26. The quantitative estimate of drug-likeness (QED) is 0.793. The van der Waals surface area contributed by atoms with E-state index in [9.17, 15) is 4.79 Å². The molecule has 0 aromatic heterocycles. The van der Waals surface area contributed by atoms with E-state index in [1.807, 2.05) is 42.5 Å². The molecule has 0 N–H and O–H groups in total. The van der Waals surface area contributed by atoms with Gasteiger partial charge >= 0.3 is 0 Å². The summed E-state index contributed by atoms with van der Waals surface area (Å²) in [6.07, 6.45) is 3.50. The molecule has 0 saturated heterocycles. The third-order valence-corrected chi connectivity index (χ3v) is 4.02. The Morgan fingerprint density at radius 1 is 1.13 bits per heavy atom. The summed E-state index contributed by atoms with van der Waals surface area (Å²) >= 11 is 0. The smallest absolute Gasteiger partial charge is 0.251 e. The predicted octanol–water partition coefficient (Wildman–Crippen LogP) is 4.25. The van der Waals surface area contributed by atoms with Crippen molar-refractivity contribution in [2.24, 2.45) is 0 Å². The topological polar surface area (TPSA) is 29.5 Å². The molecule has 1 aliphatic rings. The van der Waals surface area contributed by atoms with Crippen molar-refractivity contribution in [3.63, 3.8) is 0 Å². The van der Waals surface area contributed by atoms with Crippen LogP contribution in [0.3, 0.4) is 0 Å². The van der Waals surface area contributed by atoms with E-state index in [-0.39, 0.29) is 5.91 Å². The fourth-order valence-corrected chi connectivity index (χ4v) is 2.65. The molecule has 1 heterocycles. The number of nitrogens with zero attached hydrogens (tertiary/aromatic N) is 1. The fraction of sp³-hybridized carbons (Fsp3) is 0.250. The van der Waals surface area contributed by atoms with Gasteiger partial charge in [0.1, 0.15) is 12.4 Å². The molecule has 0 unspecified atom stereocenters. The summed E-state index contributed by atoms with van der Waals surface area (Å²) in [5.41, 5.74) is 3.17. The normalized spacial score (nSPS) is 14.0. The minimum absolute atomic E-state index is 0.0197. The molecule has 118 valence electrons. The number of fused-ring (bicyclic) bond motifs is 1. The number of hydrogen-bond donors (Lipinski definition) is 0. The largest absolute Gasteiger partial charge is 0.490 e. The van der Waals surface area contributed by atoms with Crippen molar-refractivity contribution in [2.45, 2.75) is 19.8 Å². The van der Waals surface area contributed by atoms with Crippen LogP contribution in [0.2, 0.25) is 0 Å². The van der Waals surface area contributed by atoms with Gasteiger partial charge in [0.2, 0.25) is 0 Å². The van der Waals surface area contributed by atoms with Crippen LogP contribution < -0.4 is 9.64 Å². The Morgan fingerprint density at radius 3 is 2.61 bits per heavy atom. The fourth-order valence-electron chi connectivity index (χ4n) is 2.65. The Hall–Kier alpha value is -2.55. The molecule has 0 radical (unpaired) electrons. The maximum absolute atomic E-state index is 12.5. The van der Waals surface area contributed by atoms with Crippen molar-refractivity contribution < 1.29 is 9.53 Å². The van der Waals surface area contributed by atoms with Gasteiger partial charge in [0.15, 0.2) is 0 Å². The average Bonchev–Trinajstić information content (AvgIpc) is 2.59. The molecule has 2 aromatic carbocycles. The molecule has 2 aromatic rings. The van der Waals surface area contributed by atoms with E-state index < -0.39 is 0 Å². The number of carbonyl (C=O) groups excluding carboxylic acids is 1. The molecule has 0 bridgehead atoms. The number of rotatable bonds is 3. The number of ether oxygens (including phenoxy) is 1. The predicted molar refractivity (Wildman–Crippen MR) is 93.9 cm³/mol. The molecule has 3 nitrogen and oxygen atoms in total. The van der Waals surface area contributed by atoms with Crippen molar-refractivity contribution in [2.75, 3.05) is 18.1 Å². The lowest BCUT2D eigenvalue weighted by Gasteiger charge is -2.28. The lowest BCUT2D eigenvalue weighted by Crippen LogP contribution is -2.36. The van der Waals surface area contributed by atoms with Crippen LogP contribution in [0.4, 0.5) is 5.69 Å². The zero-order valence-corrected chi connectivity index (χ0v) is 13.5. The van der Waals surface area contributed by atoms with E-state index in [0.29, 0.717) is 19.1 Å². The minimum atomic E-state index is -0.0197. The van der Waals surface area contributed by atoms with Gasteiger partial charge in [-0.25, -0.2) is 0 Å². The molecule has 1 amide bonds. The second-order valence-electron chi connectivity index (χ2n) is 5.96. The van der Waals surface area contributed by atoms with Crippen LogP contribution >= 0.6 is 0 Å². The van der Waals surface area contributed by atoms with Crippen LogP contribution in [0.5, 0.6) is 5.75 Å². The van der Waals surface area contributed by atoms with Gasteiger partial charge < -0.3 is 9.64 Å². The van der Waals surface area contributed by atoms with Crippen LogP contribution in [-0.2, 0) is 4.79 Å². The Morgan fingerprint density at radius 2 is 1.87 bits per heavy atom. The van der Waals surface area contributed by atoms with E-state index >= 15 is 0 Å². The first kappa shape index (κ1) is 15.3. The Labute approximate surface area is 137 Å². The van der Waals surface area contributed by atoms with Gasteiger partial charge in [0.05, 0.1) is 12.2 Å². The summed E-state index contributed by atoms with van der Waals surface area (Å²) in [5, 5.41) is 0. The summed E-state index contributed by atoms with van der Waals surface area (Å²) in [6.45, 7) is 5.45. The molecule has 3 heteroatoms. The number of carbonyl (C=O) groups is 1. The van der Waals surface area contributed by atoms with Crippen molar-refractivity contribution in [3.05, 3.63) is 65.7 Å². The van der Waals surface area contributed by atoms with Crippen molar-refractivity contribution in [1.82, 2.24) is 0 Å². The molecule has 23 heavy (non-hydrogen) atoms. The molecular weight excluding hydrogens is 286 g/mol. The van der Waals surface area contributed by atoms with Gasteiger partial charge in [-0.15, -0.1) is 0 Å². The van der Waals surface area contributed by atoms with E-state index in [2.05, 4.69) is 26.0 Å². The maximum Gasteiger partial charge on any atom is 0.251 e. The van der Waals surface area contributed by atoms with Crippen molar-refractivity contribution >= 4 is 17.7 Å². The van der Waals surface area contributed by atoms with Gasteiger partial charge in [0.25, 0.3) is 5.91 Å². The number of anilines is 1. The highest BCUT2D eigenvalue weighted by Gasteiger charge is 2.21. The average molecular weight is 307 g/mol. The first-order chi connectivity index (χ1) is 11.1. The molecule has 0 atom stereocenters. The second-order valence-corrected chi connectivity index (χ2v) is 5.96. The highest BCUT2D eigenvalue weighted by molar-refractivity contribution is 6.04. The van der Waals surface area contributed by atoms with Crippen LogP contribution in [0.25, 0.3) is 6.08 Å². The maximum atomic E-state index is 12.5. The third kappa shape index (κ3) is 3.45. The molecule has 0 aliphatic carbocycles. The molecule has 0 spiro atoms. The van der Waals surface area contributed by atoms with Crippen LogP contribution in [0.15, 0.2) is 54.6 Å². The Kier molecular flexibility index (Phi) is 4.47. The third-order valence-electron chi connectivity index (χ3n) is 4.02. The highest BCUT2D eigenvalue weighted by atomic mass is 16.5. The number of amides is 1. The number of hydrogen-bond acceptors (Lipinski definition) is 2. The van der Waals surface area contributed by atoms with Gasteiger partial charge in [-0.1, -0.05) is 50.2 Å². The Balaban J connectivity index is 1.74. The first-order valence-corrected chi connectivity index (χ1v) is 7.96. The lowest BCUT2D eigenvalue weighted by atomic mass is 10.0. The van der Waals surface area contributed by atoms with Crippen LogP contribution in [0, 0.1) is 0 Å². The number of benzene rings is 2. The van der Waals surface area contributed by atoms with E-state index in [1.54, 1.807) is 11.0 Å². The molecular formula is C20H21NO2. The minimum Gasteiger partial charge on any atom is -0.490 e. The van der Waals surface area contributed by atoms with Gasteiger partial charge in [-0.3, -0.25) is 4.79 Å². The molecule has 0 saturated carbocycles.